The summed E-state index contributed by atoms with van der Waals surface area (Å²) in [6.45, 7) is 0.457. The van der Waals surface area contributed by atoms with Crippen LogP contribution in [0.15, 0.2) is 46.0 Å². The van der Waals surface area contributed by atoms with Crippen molar-refractivity contribution >= 4 is 11.8 Å². The molecule has 3 rings (SSSR count). The highest BCUT2D eigenvalue weighted by Crippen LogP contribution is 2.41. The molecule has 3 aromatic rings. The second-order valence-electron chi connectivity index (χ2n) is 5.62. The molecule has 2 aromatic carbocycles. The van der Waals surface area contributed by atoms with E-state index in [0.717, 1.165) is 0 Å². The molecule has 1 heterocycles. The van der Waals surface area contributed by atoms with E-state index in [1.54, 1.807) is 57.7 Å². The van der Waals surface area contributed by atoms with Crippen LogP contribution in [0.4, 0.5) is 0 Å². The maximum absolute atomic E-state index is 8.80. The van der Waals surface area contributed by atoms with Gasteiger partial charge in [0.25, 0.3) is 5.22 Å². The second kappa shape index (κ2) is 9.71. The molecule has 0 aliphatic rings. The molecule has 0 N–H and O–H groups in total. The SMILES string of the molecule is COc1cc(-c2nnc(SCCOc3ccc(C#N)cc3)o2)cc(OC)c1OC. The van der Waals surface area contributed by atoms with Crippen LogP contribution < -0.4 is 18.9 Å². The summed E-state index contributed by atoms with van der Waals surface area (Å²) in [5.41, 5.74) is 1.25. The second-order valence-corrected chi connectivity index (χ2v) is 6.67. The molecule has 0 aliphatic carbocycles. The van der Waals surface area contributed by atoms with E-state index in [-0.39, 0.29) is 0 Å². The molecule has 0 spiro atoms. The van der Waals surface area contributed by atoms with Crippen LogP contribution >= 0.6 is 11.8 Å². The van der Waals surface area contributed by atoms with Gasteiger partial charge < -0.3 is 23.4 Å². The van der Waals surface area contributed by atoms with Crippen molar-refractivity contribution in [2.24, 2.45) is 0 Å². The smallest absolute Gasteiger partial charge is 0.276 e. The van der Waals surface area contributed by atoms with E-state index in [0.29, 0.717) is 57.6 Å². The number of methoxy groups -OCH3 is 3. The van der Waals surface area contributed by atoms with Gasteiger partial charge in [-0.2, -0.15) is 5.26 Å². The number of nitrogens with zero attached hydrogens (tertiary/aromatic N) is 3. The maximum atomic E-state index is 8.80. The quantitative estimate of drug-likeness (QED) is 0.383. The van der Waals surface area contributed by atoms with E-state index in [1.807, 2.05) is 0 Å². The highest BCUT2D eigenvalue weighted by Gasteiger charge is 2.17. The molecule has 29 heavy (non-hydrogen) atoms. The molecule has 0 aliphatic heterocycles. The Bertz CT molecular complexity index is 973. The normalized spacial score (nSPS) is 10.3. The van der Waals surface area contributed by atoms with Crippen molar-refractivity contribution in [3.8, 4) is 40.5 Å². The van der Waals surface area contributed by atoms with Gasteiger partial charge in [0.05, 0.1) is 39.6 Å². The molecule has 0 radical (unpaired) electrons. The molecule has 0 saturated heterocycles. The van der Waals surface area contributed by atoms with Crippen molar-refractivity contribution in [1.29, 1.82) is 5.26 Å². The Labute approximate surface area is 172 Å². The highest BCUT2D eigenvalue weighted by molar-refractivity contribution is 7.99. The first kappa shape index (κ1) is 20.4. The van der Waals surface area contributed by atoms with Crippen LogP contribution in [0.5, 0.6) is 23.0 Å². The van der Waals surface area contributed by atoms with Gasteiger partial charge in [0.2, 0.25) is 11.6 Å². The third-order valence-corrected chi connectivity index (χ3v) is 4.66. The first-order valence-electron chi connectivity index (χ1n) is 8.58. The molecule has 0 saturated carbocycles. The minimum atomic E-state index is 0.347. The van der Waals surface area contributed by atoms with Crippen LogP contribution in [0, 0.1) is 11.3 Å². The van der Waals surface area contributed by atoms with Crippen LogP contribution in [0.1, 0.15) is 5.56 Å². The van der Waals surface area contributed by atoms with Gasteiger partial charge in [-0.1, -0.05) is 11.8 Å². The maximum Gasteiger partial charge on any atom is 0.276 e. The number of thioether (sulfide) groups is 1. The van der Waals surface area contributed by atoms with Gasteiger partial charge in [-0.25, -0.2) is 0 Å². The third-order valence-electron chi connectivity index (χ3n) is 3.88. The van der Waals surface area contributed by atoms with E-state index in [4.69, 9.17) is 28.6 Å². The van der Waals surface area contributed by atoms with Gasteiger partial charge in [-0.3, -0.25) is 0 Å². The lowest BCUT2D eigenvalue weighted by molar-refractivity contribution is 0.324. The first-order valence-corrected chi connectivity index (χ1v) is 9.56. The van der Waals surface area contributed by atoms with Crippen molar-refractivity contribution in [3.05, 3.63) is 42.0 Å². The van der Waals surface area contributed by atoms with Crippen LogP contribution in [0.25, 0.3) is 11.5 Å². The number of rotatable bonds is 9. The zero-order chi connectivity index (χ0) is 20.6. The first-order chi connectivity index (χ1) is 14.2. The molecule has 0 amide bonds. The summed E-state index contributed by atoms with van der Waals surface area (Å²) in [6, 6.07) is 12.5. The Morgan fingerprint density at radius 2 is 1.69 bits per heavy atom. The molecule has 0 atom stereocenters. The van der Waals surface area contributed by atoms with Crippen molar-refractivity contribution in [2.75, 3.05) is 33.7 Å². The van der Waals surface area contributed by atoms with Gasteiger partial charge in [0.1, 0.15) is 5.75 Å². The van der Waals surface area contributed by atoms with Gasteiger partial charge in [0, 0.05) is 11.3 Å². The average Bonchev–Trinajstić information content (AvgIpc) is 3.25. The monoisotopic (exact) mass is 413 g/mol. The molecule has 0 bridgehead atoms. The molecule has 1 aromatic heterocycles. The lowest BCUT2D eigenvalue weighted by Gasteiger charge is -2.12. The van der Waals surface area contributed by atoms with Crippen LogP contribution in [0.2, 0.25) is 0 Å². The molecule has 0 unspecified atom stereocenters. The van der Waals surface area contributed by atoms with E-state index in [9.17, 15) is 0 Å². The van der Waals surface area contributed by atoms with E-state index < -0.39 is 0 Å². The molecular weight excluding hydrogens is 394 g/mol. The molecule has 0 fully saturated rings. The van der Waals surface area contributed by atoms with E-state index in [2.05, 4.69) is 16.3 Å². The summed E-state index contributed by atoms with van der Waals surface area (Å²) in [6.07, 6.45) is 0. The van der Waals surface area contributed by atoms with E-state index in [1.165, 1.54) is 11.8 Å². The predicted octanol–water partition coefficient (Wildman–Crippen LogP) is 3.81. The fraction of sp³-hybridized carbons (Fsp3) is 0.250. The summed E-state index contributed by atoms with van der Waals surface area (Å²) in [7, 11) is 4.63. The number of benzene rings is 2. The zero-order valence-electron chi connectivity index (χ0n) is 16.2. The largest absolute Gasteiger partial charge is 0.493 e. The van der Waals surface area contributed by atoms with E-state index >= 15 is 0 Å². The minimum absolute atomic E-state index is 0.347. The van der Waals surface area contributed by atoms with Crippen LogP contribution in [0.3, 0.4) is 0 Å². The summed E-state index contributed by atoms with van der Waals surface area (Å²) < 4.78 is 27.4. The number of ether oxygens (including phenoxy) is 4. The van der Waals surface area contributed by atoms with Gasteiger partial charge >= 0.3 is 0 Å². The number of hydrogen-bond acceptors (Lipinski definition) is 9. The van der Waals surface area contributed by atoms with Gasteiger partial charge in [-0.15, -0.1) is 10.2 Å². The molecule has 9 heteroatoms. The number of nitriles is 1. The fourth-order valence-electron chi connectivity index (χ4n) is 2.50. The Balaban J connectivity index is 1.61. The Kier molecular flexibility index (Phi) is 6.81. The molecule has 8 nitrogen and oxygen atoms in total. The van der Waals surface area contributed by atoms with Crippen LogP contribution in [-0.4, -0.2) is 43.9 Å². The van der Waals surface area contributed by atoms with Crippen molar-refractivity contribution in [2.45, 2.75) is 5.22 Å². The van der Waals surface area contributed by atoms with Crippen LogP contribution in [-0.2, 0) is 0 Å². The number of hydrogen-bond donors (Lipinski definition) is 0. The Hall–Kier alpha value is -3.38. The van der Waals surface area contributed by atoms with Crippen molar-refractivity contribution in [1.82, 2.24) is 10.2 Å². The Morgan fingerprint density at radius 3 is 2.28 bits per heavy atom. The zero-order valence-corrected chi connectivity index (χ0v) is 17.0. The number of aromatic nitrogens is 2. The van der Waals surface area contributed by atoms with Crippen molar-refractivity contribution < 1.29 is 23.4 Å². The summed E-state index contributed by atoms with van der Waals surface area (Å²) in [4.78, 5) is 0. The minimum Gasteiger partial charge on any atom is -0.493 e. The Morgan fingerprint density at radius 1 is 1.00 bits per heavy atom. The predicted molar refractivity (Wildman–Crippen MR) is 107 cm³/mol. The molecular formula is C20H19N3O5S. The lowest BCUT2D eigenvalue weighted by Crippen LogP contribution is -1.99. The summed E-state index contributed by atoms with van der Waals surface area (Å²) >= 11 is 1.39. The topological polar surface area (TPSA) is 99.6 Å². The average molecular weight is 413 g/mol. The fourth-order valence-corrected chi connectivity index (χ4v) is 3.08. The van der Waals surface area contributed by atoms with Crippen molar-refractivity contribution in [3.63, 3.8) is 0 Å². The highest BCUT2D eigenvalue weighted by atomic mass is 32.2. The summed E-state index contributed by atoms with van der Waals surface area (Å²) in [5, 5.41) is 17.4. The van der Waals surface area contributed by atoms with Gasteiger partial charge in [-0.05, 0) is 36.4 Å². The molecule has 150 valence electrons. The van der Waals surface area contributed by atoms with Gasteiger partial charge in [0.15, 0.2) is 11.5 Å². The standard InChI is InChI=1S/C20H19N3O5S/c1-24-16-10-14(11-17(25-2)18(16)26-3)19-22-23-20(28-19)29-9-8-27-15-6-4-13(12-21)5-7-15/h4-7,10-11H,8-9H2,1-3H3. The lowest BCUT2D eigenvalue weighted by atomic mass is 10.2. The third kappa shape index (κ3) is 4.92. The summed E-state index contributed by atoms with van der Waals surface area (Å²) in [5.74, 6) is 3.17.